The van der Waals surface area contributed by atoms with Crippen molar-refractivity contribution in [1.82, 2.24) is 0 Å². The summed E-state index contributed by atoms with van der Waals surface area (Å²) in [6, 6.07) is 6.95. The van der Waals surface area contributed by atoms with Crippen LogP contribution >= 0.6 is 0 Å². The van der Waals surface area contributed by atoms with Crippen molar-refractivity contribution in [3.8, 4) is 0 Å². The van der Waals surface area contributed by atoms with Crippen LogP contribution in [-0.2, 0) is 19.3 Å². The van der Waals surface area contributed by atoms with E-state index in [1.54, 1.807) is 16.7 Å². The van der Waals surface area contributed by atoms with Gasteiger partial charge >= 0.3 is 0 Å². The fraction of sp³-hybridized carbons (Fsp3) is 0.714. The first kappa shape index (κ1) is 18.3. The van der Waals surface area contributed by atoms with Gasteiger partial charge in [-0.1, -0.05) is 80.5 Å². The van der Waals surface area contributed by atoms with Crippen LogP contribution < -0.4 is 0 Å². The molecule has 21 heavy (non-hydrogen) atoms. The van der Waals surface area contributed by atoms with E-state index in [1.807, 2.05) is 0 Å². The third-order valence-electron chi connectivity index (χ3n) is 3.52. The molecule has 0 heteroatoms. The van der Waals surface area contributed by atoms with Crippen molar-refractivity contribution in [2.45, 2.75) is 81.6 Å². The number of hydrogen-bond acceptors (Lipinski definition) is 0. The zero-order valence-electron chi connectivity index (χ0n) is 15.9. The Kier molecular flexibility index (Phi) is 5.35. The molecule has 0 saturated carbocycles. The van der Waals surface area contributed by atoms with E-state index in [1.165, 1.54) is 6.42 Å². The molecule has 0 saturated heterocycles. The van der Waals surface area contributed by atoms with Crippen molar-refractivity contribution in [3.63, 3.8) is 0 Å². The predicted octanol–water partition coefficient (Wildman–Crippen LogP) is 6.45. The number of rotatable bonds is 3. The zero-order valence-corrected chi connectivity index (χ0v) is 15.9. The van der Waals surface area contributed by atoms with Crippen molar-refractivity contribution >= 4 is 0 Å². The first-order valence-electron chi connectivity index (χ1n) is 8.37. The molecule has 120 valence electrons. The van der Waals surface area contributed by atoms with Gasteiger partial charge in [0, 0.05) is 0 Å². The Balaban J connectivity index is 3.27. The van der Waals surface area contributed by atoms with Crippen LogP contribution in [0.3, 0.4) is 0 Å². The van der Waals surface area contributed by atoms with Gasteiger partial charge in [0.1, 0.15) is 0 Å². The van der Waals surface area contributed by atoms with Crippen LogP contribution in [0.4, 0.5) is 0 Å². The second-order valence-electron chi connectivity index (χ2n) is 10.3. The van der Waals surface area contributed by atoms with Crippen LogP contribution in [0.15, 0.2) is 18.2 Å². The molecule has 0 unspecified atom stereocenters. The Morgan fingerprint density at radius 2 is 0.905 bits per heavy atom. The molecular formula is C21H36. The Hall–Kier alpha value is -0.780. The maximum atomic E-state index is 2.35. The van der Waals surface area contributed by atoms with Crippen molar-refractivity contribution in [2.75, 3.05) is 0 Å². The average Bonchev–Trinajstić information content (AvgIpc) is 2.16. The molecule has 0 aromatic heterocycles. The second-order valence-corrected chi connectivity index (χ2v) is 10.3. The van der Waals surface area contributed by atoms with E-state index in [-0.39, 0.29) is 0 Å². The van der Waals surface area contributed by atoms with Crippen LogP contribution in [0.1, 0.15) is 79.0 Å². The van der Waals surface area contributed by atoms with E-state index in [0.717, 1.165) is 12.8 Å². The van der Waals surface area contributed by atoms with Gasteiger partial charge in [-0.25, -0.2) is 0 Å². The number of hydrogen-bond donors (Lipinski definition) is 0. The van der Waals surface area contributed by atoms with Gasteiger partial charge in [-0.15, -0.1) is 0 Å². The van der Waals surface area contributed by atoms with Gasteiger partial charge in [-0.2, -0.15) is 0 Å². The molecule has 0 N–H and O–H groups in total. The summed E-state index contributed by atoms with van der Waals surface area (Å²) in [4.78, 5) is 0. The van der Waals surface area contributed by atoms with Crippen LogP contribution in [-0.4, -0.2) is 0 Å². The van der Waals surface area contributed by atoms with Gasteiger partial charge < -0.3 is 0 Å². The molecule has 1 aromatic rings. The Bertz CT molecular complexity index is 424. The number of benzene rings is 1. The minimum atomic E-state index is 0.334. The van der Waals surface area contributed by atoms with Crippen LogP contribution in [0.5, 0.6) is 0 Å². The predicted molar refractivity (Wildman–Crippen MR) is 95.9 cm³/mol. The topological polar surface area (TPSA) is 0 Å². The van der Waals surface area contributed by atoms with E-state index >= 15 is 0 Å². The normalized spacial score (nSPS) is 13.6. The van der Waals surface area contributed by atoms with Crippen LogP contribution in [0.25, 0.3) is 0 Å². The van der Waals surface area contributed by atoms with Gasteiger partial charge in [0.05, 0.1) is 0 Å². The quantitative estimate of drug-likeness (QED) is 0.599. The molecule has 0 aliphatic rings. The minimum Gasteiger partial charge on any atom is -0.0617 e. The largest absolute Gasteiger partial charge is 0.0617 e. The SMILES string of the molecule is CC(C)(C)Cc1cccc(CC(C)(C)C)c1CC(C)(C)C. The monoisotopic (exact) mass is 288 g/mol. The summed E-state index contributed by atoms with van der Waals surface area (Å²) in [5.74, 6) is 0. The molecular weight excluding hydrogens is 252 g/mol. The third-order valence-corrected chi connectivity index (χ3v) is 3.52. The molecule has 0 atom stereocenters. The summed E-state index contributed by atoms with van der Waals surface area (Å²) in [6.45, 7) is 21.1. The summed E-state index contributed by atoms with van der Waals surface area (Å²) in [5.41, 5.74) is 5.73. The highest BCUT2D eigenvalue weighted by Gasteiger charge is 2.22. The average molecular weight is 289 g/mol. The Labute approximate surface area is 133 Å². The fourth-order valence-electron chi connectivity index (χ4n) is 2.92. The summed E-state index contributed by atoms with van der Waals surface area (Å²) in [7, 11) is 0. The van der Waals surface area contributed by atoms with Crippen molar-refractivity contribution in [2.24, 2.45) is 16.2 Å². The molecule has 0 fully saturated rings. The summed E-state index contributed by atoms with van der Waals surface area (Å²) >= 11 is 0. The first-order chi connectivity index (χ1) is 9.27. The smallest absolute Gasteiger partial charge is 0.0224 e. The molecule has 0 spiro atoms. The molecule has 0 radical (unpaired) electrons. The lowest BCUT2D eigenvalue weighted by Gasteiger charge is -2.28. The van der Waals surface area contributed by atoms with Gasteiger partial charge in [0.15, 0.2) is 0 Å². The second kappa shape index (κ2) is 6.15. The van der Waals surface area contributed by atoms with Crippen LogP contribution in [0.2, 0.25) is 0 Å². The highest BCUT2D eigenvalue weighted by molar-refractivity contribution is 5.37. The van der Waals surface area contributed by atoms with E-state index in [2.05, 4.69) is 80.5 Å². The molecule has 0 bridgehead atoms. The summed E-state index contributed by atoms with van der Waals surface area (Å²) in [5, 5.41) is 0. The van der Waals surface area contributed by atoms with Crippen molar-refractivity contribution in [3.05, 3.63) is 34.9 Å². The maximum absolute atomic E-state index is 2.35. The third kappa shape index (κ3) is 7.16. The van der Waals surface area contributed by atoms with Crippen molar-refractivity contribution < 1.29 is 0 Å². The summed E-state index contributed by atoms with van der Waals surface area (Å²) < 4.78 is 0. The lowest BCUT2D eigenvalue weighted by Crippen LogP contribution is -2.19. The standard InChI is InChI=1S/C21H36/c1-19(2,3)13-16-11-10-12-17(14-20(4,5)6)18(16)15-21(7,8)9/h10-12H,13-15H2,1-9H3. The highest BCUT2D eigenvalue weighted by atomic mass is 14.3. The van der Waals surface area contributed by atoms with Crippen LogP contribution in [0, 0.1) is 16.2 Å². The molecule has 0 amide bonds. The lowest BCUT2D eigenvalue weighted by molar-refractivity contribution is 0.381. The molecule has 0 heterocycles. The molecule has 0 aliphatic heterocycles. The first-order valence-corrected chi connectivity index (χ1v) is 8.37. The van der Waals surface area contributed by atoms with Gasteiger partial charge in [0.2, 0.25) is 0 Å². The van der Waals surface area contributed by atoms with E-state index in [9.17, 15) is 0 Å². The zero-order chi connectivity index (χ0) is 16.5. The van der Waals surface area contributed by atoms with Crippen molar-refractivity contribution in [1.29, 1.82) is 0 Å². The fourth-order valence-corrected chi connectivity index (χ4v) is 2.92. The van der Waals surface area contributed by atoms with E-state index < -0.39 is 0 Å². The maximum Gasteiger partial charge on any atom is -0.0224 e. The van der Waals surface area contributed by atoms with Gasteiger partial charge in [-0.05, 0) is 52.2 Å². The molecule has 1 aromatic carbocycles. The molecule has 0 nitrogen and oxygen atoms in total. The van der Waals surface area contributed by atoms with Gasteiger partial charge in [0.25, 0.3) is 0 Å². The Morgan fingerprint density at radius 3 is 1.19 bits per heavy atom. The minimum absolute atomic E-state index is 0.334. The molecule has 0 aliphatic carbocycles. The highest BCUT2D eigenvalue weighted by Crippen LogP contribution is 2.32. The van der Waals surface area contributed by atoms with E-state index in [0.29, 0.717) is 16.2 Å². The Morgan fingerprint density at radius 1 is 0.571 bits per heavy atom. The van der Waals surface area contributed by atoms with Gasteiger partial charge in [-0.3, -0.25) is 0 Å². The van der Waals surface area contributed by atoms with E-state index in [4.69, 9.17) is 0 Å². The lowest BCUT2D eigenvalue weighted by atomic mass is 9.77. The molecule has 1 rings (SSSR count). The summed E-state index contributed by atoms with van der Waals surface area (Å²) in [6.07, 6.45) is 3.50.